The van der Waals surface area contributed by atoms with Gasteiger partial charge in [-0.15, -0.1) is 0 Å². The zero-order chi connectivity index (χ0) is 25.7. The highest BCUT2D eigenvalue weighted by Crippen LogP contribution is 2.26. The first-order valence-corrected chi connectivity index (χ1v) is 12.4. The van der Waals surface area contributed by atoms with E-state index in [2.05, 4.69) is 46.6 Å². The lowest BCUT2D eigenvalue weighted by Gasteiger charge is -2.08. The van der Waals surface area contributed by atoms with Gasteiger partial charge in [-0.3, -0.25) is 9.48 Å². The summed E-state index contributed by atoms with van der Waals surface area (Å²) < 4.78 is 8.30. The Hall–Kier alpha value is -3.80. The summed E-state index contributed by atoms with van der Waals surface area (Å²) >= 11 is 3.57. The molecule has 0 radical (unpaired) electrons. The number of anilines is 1. The van der Waals surface area contributed by atoms with E-state index in [-0.39, 0.29) is 5.91 Å². The van der Waals surface area contributed by atoms with Crippen molar-refractivity contribution in [3.05, 3.63) is 63.2 Å². The van der Waals surface area contributed by atoms with E-state index in [1.54, 1.807) is 16.9 Å². The Kier molecular flexibility index (Phi) is 5.99. The lowest BCUT2D eigenvalue weighted by Crippen LogP contribution is -2.15. The van der Waals surface area contributed by atoms with E-state index in [9.17, 15) is 4.79 Å². The van der Waals surface area contributed by atoms with E-state index in [1.165, 1.54) is 0 Å². The van der Waals surface area contributed by atoms with Gasteiger partial charge in [0.2, 0.25) is 0 Å². The Bertz CT molecular complexity index is 1620. The predicted molar refractivity (Wildman–Crippen MR) is 139 cm³/mol. The van der Waals surface area contributed by atoms with Crippen molar-refractivity contribution in [1.82, 2.24) is 43.9 Å². The molecule has 0 saturated heterocycles. The summed E-state index contributed by atoms with van der Waals surface area (Å²) in [6.07, 6.45) is 5.05. The maximum absolute atomic E-state index is 13.3. The molecule has 12 heteroatoms. The number of aryl methyl sites for hydroxylation is 3. The fourth-order valence-electron chi connectivity index (χ4n) is 4.41. The van der Waals surface area contributed by atoms with Crippen molar-refractivity contribution in [1.29, 1.82) is 0 Å². The zero-order valence-electron chi connectivity index (χ0n) is 21.0. The third kappa shape index (κ3) is 3.81. The van der Waals surface area contributed by atoms with Crippen LogP contribution in [0.25, 0.3) is 16.9 Å². The standard InChI is InChI=1S/C24H27BrN10O/c1-7-32-15(4)18(10-27-32)20-8-9-26-23-19(11-28-35(20)23)24(36)29-22-14(3)31-34(17(22)6)12-33-16(5)21(25)13(2)30-33/h8-11H,7,12H2,1-6H3,(H,29,36). The molecular formula is C24H27BrN10O. The molecule has 0 aliphatic heterocycles. The first-order chi connectivity index (χ1) is 17.2. The molecule has 0 fully saturated rings. The van der Waals surface area contributed by atoms with E-state index < -0.39 is 0 Å². The van der Waals surface area contributed by atoms with Gasteiger partial charge >= 0.3 is 0 Å². The summed E-state index contributed by atoms with van der Waals surface area (Å²) in [6, 6.07) is 1.88. The number of rotatable bonds is 6. The first-order valence-electron chi connectivity index (χ1n) is 11.6. The Balaban J connectivity index is 1.45. The molecule has 5 aromatic rings. The van der Waals surface area contributed by atoms with Crippen LogP contribution in [0.1, 0.15) is 45.8 Å². The largest absolute Gasteiger partial charge is 0.319 e. The average Bonchev–Trinajstić information content (AvgIpc) is 3.58. The average molecular weight is 551 g/mol. The quantitative estimate of drug-likeness (QED) is 0.341. The van der Waals surface area contributed by atoms with Crippen molar-refractivity contribution in [2.45, 2.75) is 54.8 Å². The zero-order valence-corrected chi connectivity index (χ0v) is 22.6. The van der Waals surface area contributed by atoms with Crippen LogP contribution in [-0.4, -0.2) is 49.8 Å². The lowest BCUT2D eigenvalue weighted by atomic mass is 10.2. The molecule has 1 N–H and O–H groups in total. The Labute approximate surface area is 216 Å². The molecule has 0 aromatic carbocycles. The van der Waals surface area contributed by atoms with Crippen molar-refractivity contribution >= 4 is 33.2 Å². The number of carbonyl (C=O) groups is 1. The van der Waals surface area contributed by atoms with Gasteiger partial charge in [-0.05, 0) is 63.5 Å². The monoisotopic (exact) mass is 550 g/mol. The van der Waals surface area contributed by atoms with Crippen LogP contribution in [0.4, 0.5) is 5.69 Å². The van der Waals surface area contributed by atoms with E-state index in [1.807, 2.05) is 67.9 Å². The van der Waals surface area contributed by atoms with Crippen LogP contribution >= 0.6 is 15.9 Å². The Morgan fingerprint density at radius 2 is 1.67 bits per heavy atom. The second kappa shape index (κ2) is 9.01. The van der Waals surface area contributed by atoms with E-state index >= 15 is 0 Å². The molecule has 5 aromatic heterocycles. The first kappa shape index (κ1) is 23.9. The molecule has 0 spiro atoms. The number of amides is 1. The molecule has 186 valence electrons. The number of halogens is 1. The molecule has 36 heavy (non-hydrogen) atoms. The topological polar surface area (TPSA) is 113 Å². The SMILES string of the molecule is CCn1ncc(-c2ccnc3c(C(=O)Nc4c(C)nn(Cn5nc(C)c(Br)c5C)c4C)cnn23)c1C. The molecule has 0 saturated carbocycles. The van der Waals surface area contributed by atoms with Crippen molar-refractivity contribution < 1.29 is 4.79 Å². The van der Waals surface area contributed by atoms with Crippen LogP contribution in [0.15, 0.2) is 29.1 Å². The molecule has 11 nitrogen and oxygen atoms in total. The molecule has 0 bridgehead atoms. The second-order valence-corrected chi connectivity index (χ2v) is 9.50. The van der Waals surface area contributed by atoms with Crippen LogP contribution in [0.5, 0.6) is 0 Å². The Morgan fingerprint density at radius 3 is 2.33 bits per heavy atom. The number of hydrogen-bond donors (Lipinski definition) is 1. The number of aromatic nitrogens is 9. The summed E-state index contributed by atoms with van der Waals surface area (Å²) in [4.78, 5) is 17.8. The summed E-state index contributed by atoms with van der Waals surface area (Å²) in [5, 5.41) is 21.1. The molecule has 0 aliphatic carbocycles. The van der Waals surface area contributed by atoms with Crippen LogP contribution in [-0.2, 0) is 13.2 Å². The number of fused-ring (bicyclic) bond motifs is 1. The number of carbonyl (C=O) groups excluding carboxylic acids is 1. The molecular weight excluding hydrogens is 524 g/mol. The van der Waals surface area contributed by atoms with Crippen molar-refractivity contribution in [2.75, 3.05) is 5.32 Å². The summed E-state index contributed by atoms with van der Waals surface area (Å²) in [7, 11) is 0. The van der Waals surface area contributed by atoms with Gasteiger partial charge in [-0.1, -0.05) is 0 Å². The smallest absolute Gasteiger partial charge is 0.261 e. The predicted octanol–water partition coefficient (Wildman–Crippen LogP) is 4.07. The van der Waals surface area contributed by atoms with Crippen LogP contribution < -0.4 is 5.32 Å². The van der Waals surface area contributed by atoms with Crippen molar-refractivity contribution in [2.24, 2.45) is 0 Å². The third-order valence-electron chi connectivity index (χ3n) is 6.51. The van der Waals surface area contributed by atoms with Gasteiger partial charge in [0, 0.05) is 24.0 Å². The van der Waals surface area contributed by atoms with E-state index in [0.717, 1.165) is 45.1 Å². The van der Waals surface area contributed by atoms with Crippen LogP contribution in [0, 0.1) is 34.6 Å². The Morgan fingerprint density at radius 1 is 0.944 bits per heavy atom. The molecule has 0 unspecified atom stereocenters. The number of nitrogens with one attached hydrogen (secondary N) is 1. The maximum Gasteiger partial charge on any atom is 0.261 e. The van der Waals surface area contributed by atoms with Gasteiger partial charge in [0.15, 0.2) is 5.65 Å². The third-order valence-corrected chi connectivity index (χ3v) is 7.65. The fourth-order valence-corrected chi connectivity index (χ4v) is 4.69. The second-order valence-electron chi connectivity index (χ2n) is 8.71. The highest BCUT2D eigenvalue weighted by molar-refractivity contribution is 9.10. The molecule has 5 heterocycles. The van der Waals surface area contributed by atoms with E-state index in [0.29, 0.717) is 29.3 Å². The van der Waals surface area contributed by atoms with Crippen molar-refractivity contribution in [3.8, 4) is 11.3 Å². The minimum atomic E-state index is -0.296. The van der Waals surface area contributed by atoms with Gasteiger partial charge in [-0.2, -0.15) is 20.4 Å². The van der Waals surface area contributed by atoms with Gasteiger partial charge in [0.05, 0.1) is 51.0 Å². The number of hydrogen-bond acceptors (Lipinski definition) is 6. The highest BCUT2D eigenvalue weighted by Gasteiger charge is 2.21. The fraction of sp³-hybridized carbons (Fsp3) is 0.333. The minimum absolute atomic E-state index is 0.296. The summed E-state index contributed by atoms with van der Waals surface area (Å²) in [6.45, 7) is 13.0. The van der Waals surface area contributed by atoms with Gasteiger partial charge in [0.25, 0.3) is 5.91 Å². The van der Waals surface area contributed by atoms with Crippen LogP contribution in [0.2, 0.25) is 0 Å². The van der Waals surface area contributed by atoms with E-state index in [4.69, 9.17) is 0 Å². The normalized spacial score (nSPS) is 11.5. The van der Waals surface area contributed by atoms with Gasteiger partial charge < -0.3 is 5.32 Å². The highest BCUT2D eigenvalue weighted by atomic mass is 79.9. The van der Waals surface area contributed by atoms with Gasteiger partial charge in [0.1, 0.15) is 12.2 Å². The molecule has 0 aliphatic rings. The maximum atomic E-state index is 13.3. The minimum Gasteiger partial charge on any atom is -0.319 e. The molecule has 0 atom stereocenters. The van der Waals surface area contributed by atoms with Crippen molar-refractivity contribution in [3.63, 3.8) is 0 Å². The molecule has 5 rings (SSSR count). The van der Waals surface area contributed by atoms with Crippen LogP contribution in [0.3, 0.4) is 0 Å². The summed E-state index contributed by atoms with van der Waals surface area (Å²) in [5.41, 5.74) is 7.80. The molecule has 1 amide bonds. The lowest BCUT2D eigenvalue weighted by molar-refractivity contribution is 0.102. The number of nitrogens with zero attached hydrogens (tertiary/aromatic N) is 9. The summed E-state index contributed by atoms with van der Waals surface area (Å²) in [5.74, 6) is -0.296. The van der Waals surface area contributed by atoms with Gasteiger partial charge in [-0.25, -0.2) is 18.9 Å².